The molecule has 0 radical (unpaired) electrons. The van der Waals surface area contributed by atoms with Crippen molar-refractivity contribution in [2.24, 2.45) is 11.8 Å². The van der Waals surface area contributed by atoms with Gasteiger partial charge in [0.25, 0.3) is 6.04 Å². The molecule has 0 aromatic heterocycles. The smallest absolute Gasteiger partial charge is 0.303 e. The molecule has 0 saturated heterocycles. The van der Waals surface area contributed by atoms with Crippen LogP contribution in [0.5, 0.6) is 0 Å². The molecule has 0 aromatic rings. The second-order valence-corrected chi connectivity index (χ2v) is 4.18. The Bertz CT molecular complexity index is 278. The minimum absolute atomic E-state index is 0.124. The van der Waals surface area contributed by atoms with Gasteiger partial charge < -0.3 is 4.74 Å². The zero-order valence-electron chi connectivity index (χ0n) is 8.01. The first kappa shape index (κ1) is 9.43. The fourth-order valence-corrected chi connectivity index (χ4v) is 2.86. The molecule has 5 heteroatoms. The standard InChI is InChI=1S/C9H13NO4/c1-5(11)14-9-7-3-2-6(4-7)8(9)10(12)13/h6-9H,2-4H2,1H3. The maximum atomic E-state index is 10.8. The normalized spacial score (nSPS) is 39.8. The van der Waals surface area contributed by atoms with E-state index in [9.17, 15) is 14.9 Å². The van der Waals surface area contributed by atoms with Gasteiger partial charge >= 0.3 is 5.97 Å². The van der Waals surface area contributed by atoms with E-state index in [1.807, 2.05) is 0 Å². The lowest BCUT2D eigenvalue weighted by Gasteiger charge is -2.24. The SMILES string of the molecule is CC(=O)OC1C2CCC(C2)C1[N+](=O)[O-]. The van der Waals surface area contributed by atoms with E-state index in [0.717, 1.165) is 19.3 Å². The Kier molecular flexibility index (Phi) is 2.17. The highest BCUT2D eigenvalue weighted by molar-refractivity contribution is 5.66. The van der Waals surface area contributed by atoms with E-state index in [-0.39, 0.29) is 16.8 Å². The molecule has 0 aromatic carbocycles. The number of hydrogen-bond acceptors (Lipinski definition) is 4. The Morgan fingerprint density at radius 2 is 2.07 bits per heavy atom. The number of fused-ring (bicyclic) bond motifs is 2. The van der Waals surface area contributed by atoms with E-state index in [4.69, 9.17) is 4.74 Å². The lowest BCUT2D eigenvalue weighted by molar-refractivity contribution is -0.541. The Morgan fingerprint density at radius 1 is 1.43 bits per heavy atom. The van der Waals surface area contributed by atoms with E-state index < -0.39 is 18.1 Å². The summed E-state index contributed by atoms with van der Waals surface area (Å²) in [6, 6.07) is -0.655. The molecule has 2 aliphatic carbocycles. The summed E-state index contributed by atoms with van der Waals surface area (Å²) in [6.07, 6.45) is 2.26. The van der Waals surface area contributed by atoms with E-state index in [0.29, 0.717) is 0 Å². The van der Waals surface area contributed by atoms with Gasteiger partial charge in [0, 0.05) is 23.7 Å². The van der Waals surface area contributed by atoms with Crippen LogP contribution in [-0.4, -0.2) is 23.0 Å². The van der Waals surface area contributed by atoms with Crippen molar-refractivity contribution in [3.05, 3.63) is 10.1 Å². The number of carbonyl (C=O) groups is 1. The largest absolute Gasteiger partial charge is 0.455 e. The van der Waals surface area contributed by atoms with Gasteiger partial charge in [-0.2, -0.15) is 0 Å². The molecule has 0 amide bonds. The summed E-state index contributed by atoms with van der Waals surface area (Å²) in [5.41, 5.74) is 0. The zero-order chi connectivity index (χ0) is 10.3. The first-order valence-corrected chi connectivity index (χ1v) is 4.90. The second kappa shape index (κ2) is 3.22. The summed E-state index contributed by atoms with van der Waals surface area (Å²) in [7, 11) is 0. The molecule has 2 aliphatic rings. The van der Waals surface area contributed by atoms with E-state index in [2.05, 4.69) is 0 Å². The van der Waals surface area contributed by atoms with Crippen LogP contribution < -0.4 is 0 Å². The summed E-state index contributed by atoms with van der Waals surface area (Å²) < 4.78 is 5.04. The summed E-state index contributed by atoms with van der Waals surface area (Å²) >= 11 is 0. The van der Waals surface area contributed by atoms with Crippen molar-refractivity contribution in [1.82, 2.24) is 0 Å². The monoisotopic (exact) mass is 199 g/mol. The molecule has 2 fully saturated rings. The maximum Gasteiger partial charge on any atom is 0.303 e. The van der Waals surface area contributed by atoms with Gasteiger partial charge in [0.2, 0.25) is 0 Å². The molecule has 4 unspecified atom stereocenters. The van der Waals surface area contributed by atoms with Crippen LogP contribution >= 0.6 is 0 Å². The first-order valence-electron chi connectivity index (χ1n) is 4.90. The van der Waals surface area contributed by atoms with Gasteiger partial charge in [-0.3, -0.25) is 14.9 Å². The van der Waals surface area contributed by atoms with E-state index in [1.165, 1.54) is 6.92 Å². The van der Waals surface area contributed by atoms with Crippen molar-refractivity contribution in [2.45, 2.75) is 38.3 Å². The van der Waals surface area contributed by atoms with Crippen molar-refractivity contribution < 1.29 is 14.5 Å². The van der Waals surface area contributed by atoms with Crippen LogP contribution in [-0.2, 0) is 9.53 Å². The van der Waals surface area contributed by atoms with Gasteiger partial charge in [0.15, 0.2) is 6.10 Å². The van der Waals surface area contributed by atoms with Crippen LogP contribution in [0.2, 0.25) is 0 Å². The molecule has 2 rings (SSSR count). The summed E-state index contributed by atoms with van der Waals surface area (Å²) in [5.74, 6) is -0.0620. The van der Waals surface area contributed by atoms with Crippen molar-refractivity contribution in [3.8, 4) is 0 Å². The Labute approximate surface area is 81.6 Å². The molecule has 4 atom stereocenters. The third kappa shape index (κ3) is 1.36. The number of carbonyl (C=O) groups excluding carboxylic acids is 1. The molecule has 2 bridgehead atoms. The molecule has 0 heterocycles. The maximum absolute atomic E-state index is 10.8. The first-order chi connectivity index (χ1) is 6.59. The van der Waals surface area contributed by atoms with E-state index >= 15 is 0 Å². The summed E-state index contributed by atoms with van der Waals surface area (Å²) in [6.45, 7) is 1.31. The molecule has 0 spiro atoms. The van der Waals surface area contributed by atoms with Gasteiger partial charge in [0.05, 0.1) is 0 Å². The van der Waals surface area contributed by atoms with Crippen LogP contribution in [0.1, 0.15) is 26.2 Å². The predicted molar refractivity (Wildman–Crippen MR) is 47.2 cm³/mol. The minimum atomic E-state index is -0.655. The number of ether oxygens (including phenoxy) is 1. The third-order valence-electron chi connectivity index (χ3n) is 3.34. The van der Waals surface area contributed by atoms with Crippen LogP contribution in [0.15, 0.2) is 0 Å². The number of hydrogen-bond donors (Lipinski definition) is 0. The van der Waals surface area contributed by atoms with Crippen molar-refractivity contribution >= 4 is 5.97 Å². The third-order valence-corrected chi connectivity index (χ3v) is 3.34. The predicted octanol–water partition coefficient (Wildman–Crippen LogP) is 0.993. The average molecular weight is 199 g/mol. The fraction of sp³-hybridized carbons (Fsp3) is 0.889. The minimum Gasteiger partial charge on any atom is -0.455 e. The average Bonchev–Trinajstić information content (AvgIpc) is 2.61. The molecule has 14 heavy (non-hydrogen) atoms. The zero-order valence-corrected chi connectivity index (χ0v) is 8.01. The van der Waals surface area contributed by atoms with Gasteiger partial charge in [-0.15, -0.1) is 0 Å². The molecule has 0 aliphatic heterocycles. The fourth-order valence-electron chi connectivity index (χ4n) is 2.86. The van der Waals surface area contributed by atoms with Crippen LogP contribution in [0.4, 0.5) is 0 Å². The molecule has 78 valence electrons. The quantitative estimate of drug-likeness (QED) is 0.378. The second-order valence-electron chi connectivity index (χ2n) is 4.18. The van der Waals surface area contributed by atoms with Crippen molar-refractivity contribution in [2.75, 3.05) is 0 Å². The van der Waals surface area contributed by atoms with Crippen LogP contribution in [0, 0.1) is 22.0 Å². The Morgan fingerprint density at radius 3 is 2.64 bits per heavy atom. The molecule has 0 N–H and O–H groups in total. The van der Waals surface area contributed by atoms with Crippen molar-refractivity contribution in [3.63, 3.8) is 0 Å². The Hall–Kier alpha value is -1.13. The summed E-state index contributed by atoms with van der Waals surface area (Å²) in [4.78, 5) is 21.3. The van der Waals surface area contributed by atoms with E-state index in [1.54, 1.807) is 0 Å². The highest BCUT2D eigenvalue weighted by atomic mass is 16.6. The summed E-state index contributed by atoms with van der Waals surface area (Å²) in [5, 5.41) is 10.8. The molecule has 5 nitrogen and oxygen atoms in total. The highest BCUT2D eigenvalue weighted by Gasteiger charge is 2.56. The number of nitrogens with zero attached hydrogens (tertiary/aromatic N) is 1. The highest BCUT2D eigenvalue weighted by Crippen LogP contribution is 2.47. The Balaban J connectivity index is 2.13. The van der Waals surface area contributed by atoms with Gasteiger partial charge in [-0.1, -0.05) is 0 Å². The van der Waals surface area contributed by atoms with Crippen LogP contribution in [0.3, 0.4) is 0 Å². The molecule has 2 saturated carbocycles. The van der Waals surface area contributed by atoms with Crippen molar-refractivity contribution in [1.29, 1.82) is 0 Å². The number of rotatable bonds is 2. The van der Waals surface area contributed by atoms with Gasteiger partial charge in [0.1, 0.15) is 0 Å². The van der Waals surface area contributed by atoms with Crippen LogP contribution in [0.25, 0.3) is 0 Å². The van der Waals surface area contributed by atoms with Gasteiger partial charge in [-0.05, 0) is 19.3 Å². The number of esters is 1. The lowest BCUT2D eigenvalue weighted by Crippen LogP contribution is -2.41. The lowest BCUT2D eigenvalue weighted by atomic mass is 9.93. The topological polar surface area (TPSA) is 69.4 Å². The molecular formula is C9H13NO4. The van der Waals surface area contributed by atoms with Gasteiger partial charge in [-0.25, -0.2) is 0 Å². The number of nitro groups is 1. The molecular weight excluding hydrogens is 186 g/mol.